The van der Waals surface area contributed by atoms with Crippen molar-refractivity contribution in [1.29, 1.82) is 0 Å². The number of hydrogen-bond donors (Lipinski definition) is 2. The third kappa shape index (κ3) is 5.75. The SMILES string of the molecule is Cc1nc(N2CCOCC2)[nH]c(=O)c1CCC(=O)NCC1(c2cccc(Cl)c2)CCOCC1. The molecule has 2 aliphatic heterocycles. The molecule has 2 aliphatic rings. The second kappa shape index (κ2) is 10.7. The molecule has 2 aromatic rings. The lowest BCUT2D eigenvalue weighted by Gasteiger charge is -2.38. The van der Waals surface area contributed by atoms with Gasteiger partial charge in [0.15, 0.2) is 0 Å². The van der Waals surface area contributed by atoms with Crippen LogP contribution in [-0.2, 0) is 26.1 Å². The Bertz CT molecular complexity index is 1030. The van der Waals surface area contributed by atoms with Gasteiger partial charge in [0, 0.05) is 61.0 Å². The normalized spacial score (nSPS) is 18.2. The van der Waals surface area contributed by atoms with Gasteiger partial charge in [-0.05, 0) is 43.9 Å². The van der Waals surface area contributed by atoms with Gasteiger partial charge in [-0.25, -0.2) is 4.98 Å². The zero-order valence-corrected chi connectivity index (χ0v) is 19.7. The topological polar surface area (TPSA) is 96.6 Å². The Hall–Kier alpha value is -2.42. The fourth-order valence-electron chi connectivity index (χ4n) is 4.56. The lowest BCUT2D eigenvalue weighted by molar-refractivity contribution is -0.121. The minimum absolute atomic E-state index is 0.0843. The average Bonchev–Trinajstić information content (AvgIpc) is 2.83. The molecule has 1 aromatic carbocycles. The van der Waals surface area contributed by atoms with Crippen LogP contribution in [0.3, 0.4) is 0 Å². The van der Waals surface area contributed by atoms with E-state index in [2.05, 4.69) is 21.4 Å². The first-order valence-corrected chi connectivity index (χ1v) is 11.9. The molecule has 0 saturated carbocycles. The summed E-state index contributed by atoms with van der Waals surface area (Å²) in [6.07, 6.45) is 2.21. The molecule has 3 heterocycles. The molecule has 1 amide bonds. The summed E-state index contributed by atoms with van der Waals surface area (Å²) in [7, 11) is 0. The summed E-state index contributed by atoms with van der Waals surface area (Å²) < 4.78 is 10.9. The van der Waals surface area contributed by atoms with Crippen LogP contribution in [0.2, 0.25) is 5.02 Å². The molecular formula is C24H31ClN4O4. The maximum atomic E-state index is 12.7. The van der Waals surface area contributed by atoms with Crippen LogP contribution in [0.25, 0.3) is 0 Å². The van der Waals surface area contributed by atoms with Crippen LogP contribution in [0, 0.1) is 6.92 Å². The van der Waals surface area contributed by atoms with Gasteiger partial charge in [0.05, 0.1) is 13.2 Å². The maximum Gasteiger partial charge on any atom is 0.255 e. The number of aryl methyl sites for hydroxylation is 1. The van der Waals surface area contributed by atoms with E-state index in [1.807, 2.05) is 30.0 Å². The number of amides is 1. The molecular weight excluding hydrogens is 444 g/mol. The number of aromatic amines is 1. The number of morpholine rings is 1. The fraction of sp³-hybridized carbons (Fsp3) is 0.542. The number of H-pyrrole nitrogens is 1. The van der Waals surface area contributed by atoms with Crippen LogP contribution in [-0.4, -0.2) is 61.9 Å². The molecule has 4 rings (SSSR count). The van der Waals surface area contributed by atoms with Crippen molar-refractivity contribution < 1.29 is 14.3 Å². The Kier molecular flexibility index (Phi) is 7.67. The highest BCUT2D eigenvalue weighted by atomic mass is 35.5. The molecule has 0 spiro atoms. The van der Waals surface area contributed by atoms with Crippen LogP contribution in [0.15, 0.2) is 29.1 Å². The van der Waals surface area contributed by atoms with Gasteiger partial charge in [-0.1, -0.05) is 23.7 Å². The van der Waals surface area contributed by atoms with Gasteiger partial charge in [0.25, 0.3) is 5.56 Å². The molecule has 33 heavy (non-hydrogen) atoms. The van der Waals surface area contributed by atoms with Crippen molar-refractivity contribution in [2.24, 2.45) is 0 Å². The van der Waals surface area contributed by atoms with E-state index < -0.39 is 0 Å². The number of nitrogens with zero attached hydrogens (tertiary/aromatic N) is 2. The lowest BCUT2D eigenvalue weighted by Crippen LogP contribution is -2.44. The number of hydrogen-bond acceptors (Lipinski definition) is 6. The van der Waals surface area contributed by atoms with Crippen molar-refractivity contribution in [3.8, 4) is 0 Å². The minimum Gasteiger partial charge on any atom is -0.381 e. The van der Waals surface area contributed by atoms with Gasteiger partial charge in [0.2, 0.25) is 11.9 Å². The highest BCUT2D eigenvalue weighted by Gasteiger charge is 2.35. The van der Waals surface area contributed by atoms with Gasteiger partial charge in [-0.3, -0.25) is 14.6 Å². The van der Waals surface area contributed by atoms with Crippen LogP contribution in [0.4, 0.5) is 5.95 Å². The van der Waals surface area contributed by atoms with E-state index in [1.165, 1.54) is 0 Å². The van der Waals surface area contributed by atoms with E-state index in [4.69, 9.17) is 21.1 Å². The Morgan fingerprint density at radius 2 is 1.94 bits per heavy atom. The van der Waals surface area contributed by atoms with Crippen molar-refractivity contribution in [1.82, 2.24) is 15.3 Å². The van der Waals surface area contributed by atoms with Crippen molar-refractivity contribution in [2.45, 2.75) is 38.0 Å². The van der Waals surface area contributed by atoms with Crippen LogP contribution in [0.1, 0.15) is 36.1 Å². The van der Waals surface area contributed by atoms with Crippen molar-refractivity contribution in [2.75, 3.05) is 51.0 Å². The number of benzene rings is 1. The monoisotopic (exact) mass is 474 g/mol. The summed E-state index contributed by atoms with van der Waals surface area (Å²) >= 11 is 6.23. The van der Waals surface area contributed by atoms with Crippen molar-refractivity contribution in [3.63, 3.8) is 0 Å². The number of carbonyl (C=O) groups is 1. The van der Waals surface area contributed by atoms with Crippen molar-refractivity contribution >= 4 is 23.5 Å². The van der Waals surface area contributed by atoms with E-state index in [9.17, 15) is 9.59 Å². The number of aromatic nitrogens is 2. The Morgan fingerprint density at radius 3 is 2.64 bits per heavy atom. The summed E-state index contributed by atoms with van der Waals surface area (Å²) in [6.45, 7) is 6.27. The molecule has 9 heteroatoms. The molecule has 8 nitrogen and oxygen atoms in total. The number of halogens is 1. The van der Waals surface area contributed by atoms with Crippen LogP contribution >= 0.6 is 11.6 Å². The minimum atomic E-state index is -0.201. The van der Waals surface area contributed by atoms with Gasteiger partial charge in [0.1, 0.15) is 0 Å². The first-order chi connectivity index (χ1) is 16.0. The first kappa shape index (κ1) is 23.7. The molecule has 1 aromatic heterocycles. The summed E-state index contributed by atoms with van der Waals surface area (Å²) in [6, 6.07) is 7.84. The highest BCUT2D eigenvalue weighted by molar-refractivity contribution is 6.30. The molecule has 0 bridgehead atoms. The molecule has 0 aliphatic carbocycles. The Labute approximate surface area is 198 Å². The van der Waals surface area contributed by atoms with E-state index in [0.717, 1.165) is 18.4 Å². The highest BCUT2D eigenvalue weighted by Crippen LogP contribution is 2.35. The van der Waals surface area contributed by atoms with E-state index in [0.29, 0.717) is 74.7 Å². The summed E-state index contributed by atoms with van der Waals surface area (Å²) in [5, 5.41) is 3.78. The summed E-state index contributed by atoms with van der Waals surface area (Å²) in [5.41, 5.74) is 1.95. The molecule has 0 atom stereocenters. The Morgan fingerprint density at radius 1 is 1.21 bits per heavy atom. The third-order valence-electron chi connectivity index (χ3n) is 6.63. The quantitative estimate of drug-likeness (QED) is 0.639. The molecule has 0 unspecified atom stereocenters. The van der Waals surface area contributed by atoms with Gasteiger partial charge >= 0.3 is 0 Å². The van der Waals surface area contributed by atoms with E-state index in [1.54, 1.807) is 0 Å². The molecule has 2 saturated heterocycles. The summed E-state index contributed by atoms with van der Waals surface area (Å²) in [4.78, 5) is 34.8. The smallest absolute Gasteiger partial charge is 0.255 e. The largest absolute Gasteiger partial charge is 0.381 e. The molecule has 0 radical (unpaired) electrons. The maximum absolute atomic E-state index is 12.7. The second-order valence-corrected chi connectivity index (χ2v) is 9.17. The predicted molar refractivity (Wildman–Crippen MR) is 127 cm³/mol. The Balaban J connectivity index is 1.38. The van der Waals surface area contributed by atoms with Crippen LogP contribution < -0.4 is 15.8 Å². The second-order valence-electron chi connectivity index (χ2n) is 8.73. The first-order valence-electron chi connectivity index (χ1n) is 11.5. The number of anilines is 1. The fourth-order valence-corrected chi connectivity index (χ4v) is 4.75. The van der Waals surface area contributed by atoms with Gasteiger partial charge < -0.3 is 19.7 Å². The zero-order chi connectivity index (χ0) is 23.3. The molecule has 2 N–H and O–H groups in total. The van der Waals surface area contributed by atoms with Crippen LogP contribution in [0.5, 0.6) is 0 Å². The third-order valence-corrected chi connectivity index (χ3v) is 6.87. The van der Waals surface area contributed by atoms with E-state index in [-0.39, 0.29) is 23.3 Å². The van der Waals surface area contributed by atoms with E-state index >= 15 is 0 Å². The number of rotatable bonds is 7. The average molecular weight is 475 g/mol. The number of ether oxygens (including phenoxy) is 2. The van der Waals surface area contributed by atoms with Gasteiger partial charge in [-0.2, -0.15) is 0 Å². The predicted octanol–water partition coefficient (Wildman–Crippen LogP) is 2.37. The lowest BCUT2D eigenvalue weighted by atomic mass is 9.74. The number of nitrogens with one attached hydrogen (secondary N) is 2. The standard InChI is InChI=1S/C24H31ClN4O4/c1-17-20(22(31)28-23(27-17)29-9-13-33-14-10-29)5-6-21(30)26-16-24(7-11-32-12-8-24)18-3-2-4-19(25)15-18/h2-4,15H,5-14,16H2,1H3,(H,26,30)(H,27,28,31). The molecule has 2 fully saturated rings. The summed E-state index contributed by atoms with van der Waals surface area (Å²) in [5.74, 6) is 0.482. The molecule has 178 valence electrons. The zero-order valence-electron chi connectivity index (χ0n) is 19.0. The van der Waals surface area contributed by atoms with Crippen molar-refractivity contribution in [3.05, 3.63) is 56.5 Å². The number of carbonyl (C=O) groups excluding carboxylic acids is 1. The van der Waals surface area contributed by atoms with Gasteiger partial charge in [-0.15, -0.1) is 0 Å².